The third-order valence-corrected chi connectivity index (χ3v) is 2.59. The molecule has 1 aromatic rings. The number of hydrogen-bond acceptors (Lipinski definition) is 4. The maximum atomic E-state index is 12.1. The normalized spacial score (nSPS) is 11.1. The summed E-state index contributed by atoms with van der Waals surface area (Å²) in [4.78, 5) is 23.2. The number of benzene rings is 1. The average Bonchev–Trinajstić information content (AvgIpc) is 2.41. The van der Waals surface area contributed by atoms with Gasteiger partial charge >= 0.3 is 12.7 Å². The number of ether oxygens (including phenoxy) is 2. The number of carbonyl (C=O) groups is 2. The van der Waals surface area contributed by atoms with E-state index in [0.29, 0.717) is 12.1 Å². The summed E-state index contributed by atoms with van der Waals surface area (Å²) >= 11 is 0. The Bertz CT molecular complexity index is 559. The van der Waals surface area contributed by atoms with Crippen molar-refractivity contribution in [1.82, 2.24) is 5.32 Å². The van der Waals surface area contributed by atoms with Gasteiger partial charge < -0.3 is 20.1 Å². The van der Waals surface area contributed by atoms with E-state index in [2.05, 4.69) is 15.4 Å². The van der Waals surface area contributed by atoms with Gasteiger partial charge in [-0.2, -0.15) is 8.78 Å². The molecule has 0 unspecified atom stereocenters. The maximum Gasteiger partial charge on any atom is 0.407 e. The van der Waals surface area contributed by atoms with E-state index in [1.807, 2.05) is 0 Å². The average molecular weight is 344 g/mol. The van der Waals surface area contributed by atoms with Gasteiger partial charge in [0.2, 0.25) is 5.91 Å². The minimum Gasteiger partial charge on any atom is -0.444 e. The predicted octanol–water partition coefficient (Wildman–Crippen LogP) is 3.53. The van der Waals surface area contributed by atoms with E-state index in [9.17, 15) is 18.4 Å². The smallest absolute Gasteiger partial charge is 0.407 e. The third-order valence-electron chi connectivity index (χ3n) is 2.59. The summed E-state index contributed by atoms with van der Waals surface area (Å²) in [6, 6.07) is 5.74. The van der Waals surface area contributed by atoms with Crippen LogP contribution in [0.5, 0.6) is 5.75 Å². The van der Waals surface area contributed by atoms with E-state index in [1.165, 1.54) is 18.2 Å². The van der Waals surface area contributed by atoms with E-state index < -0.39 is 18.3 Å². The van der Waals surface area contributed by atoms with Crippen LogP contribution in [0.4, 0.5) is 19.3 Å². The number of hydrogen-bond donors (Lipinski definition) is 2. The van der Waals surface area contributed by atoms with Crippen molar-refractivity contribution in [2.75, 3.05) is 11.9 Å². The predicted molar refractivity (Wildman–Crippen MR) is 85.2 cm³/mol. The van der Waals surface area contributed by atoms with Gasteiger partial charge in [0.1, 0.15) is 11.4 Å². The zero-order valence-corrected chi connectivity index (χ0v) is 13.9. The second-order valence-corrected chi connectivity index (χ2v) is 5.99. The fraction of sp³-hybridized carbons (Fsp3) is 0.500. The van der Waals surface area contributed by atoms with Crippen LogP contribution >= 0.6 is 0 Å². The molecule has 0 spiro atoms. The Kier molecular flexibility index (Phi) is 7.41. The number of anilines is 1. The highest BCUT2D eigenvalue weighted by molar-refractivity contribution is 5.90. The molecule has 2 N–H and O–H groups in total. The Morgan fingerprint density at radius 2 is 1.96 bits per heavy atom. The lowest BCUT2D eigenvalue weighted by atomic mass is 10.2. The molecule has 134 valence electrons. The van der Waals surface area contributed by atoms with Gasteiger partial charge in [-0.05, 0) is 39.3 Å². The standard InChI is InChI=1S/C16H22F2N2O4/c1-16(2,3)24-15(22)19-9-5-8-13(21)20-11-6-4-7-12(10-11)23-14(17)18/h4,6-7,10,14H,5,8-9H2,1-3H3,(H,19,22)(H,20,21). The van der Waals surface area contributed by atoms with Crippen molar-refractivity contribution in [3.63, 3.8) is 0 Å². The van der Waals surface area contributed by atoms with E-state index in [1.54, 1.807) is 26.8 Å². The monoisotopic (exact) mass is 344 g/mol. The molecule has 8 heteroatoms. The summed E-state index contributed by atoms with van der Waals surface area (Å²) in [6.45, 7) is 2.63. The van der Waals surface area contributed by atoms with Crippen molar-refractivity contribution in [2.24, 2.45) is 0 Å². The molecule has 2 amide bonds. The molecule has 0 heterocycles. The third kappa shape index (κ3) is 8.92. The zero-order chi connectivity index (χ0) is 18.2. The van der Waals surface area contributed by atoms with Gasteiger partial charge in [0.25, 0.3) is 0 Å². The molecule has 0 fully saturated rings. The lowest BCUT2D eigenvalue weighted by Gasteiger charge is -2.19. The molecular formula is C16H22F2N2O4. The fourth-order valence-corrected chi connectivity index (χ4v) is 1.73. The number of amides is 2. The first-order chi connectivity index (χ1) is 11.2. The highest BCUT2D eigenvalue weighted by Crippen LogP contribution is 2.19. The molecule has 6 nitrogen and oxygen atoms in total. The number of alkyl halides is 2. The molecule has 0 atom stereocenters. The van der Waals surface area contributed by atoms with Crippen LogP contribution in [0.15, 0.2) is 24.3 Å². The first-order valence-electron chi connectivity index (χ1n) is 7.47. The summed E-state index contributed by atoms with van der Waals surface area (Å²) in [7, 11) is 0. The highest BCUT2D eigenvalue weighted by Gasteiger charge is 2.15. The van der Waals surface area contributed by atoms with E-state index in [0.717, 1.165) is 0 Å². The molecule has 0 saturated heterocycles. The van der Waals surface area contributed by atoms with Gasteiger partial charge in [-0.1, -0.05) is 6.07 Å². The Hall–Kier alpha value is -2.38. The number of nitrogens with one attached hydrogen (secondary N) is 2. The van der Waals surface area contributed by atoms with Crippen molar-refractivity contribution < 1.29 is 27.8 Å². The van der Waals surface area contributed by atoms with Gasteiger partial charge in [0.15, 0.2) is 0 Å². The zero-order valence-electron chi connectivity index (χ0n) is 13.9. The molecule has 1 aromatic carbocycles. The van der Waals surface area contributed by atoms with Crippen LogP contribution in [0, 0.1) is 0 Å². The molecule has 0 aliphatic rings. The fourth-order valence-electron chi connectivity index (χ4n) is 1.73. The molecule has 0 aliphatic heterocycles. The minimum absolute atomic E-state index is 0.0330. The molecule has 0 aliphatic carbocycles. The molecule has 0 radical (unpaired) electrons. The first kappa shape index (κ1) is 19.7. The van der Waals surface area contributed by atoms with Gasteiger partial charge in [0.05, 0.1) is 0 Å². The number of alkyl carbamates (subject to hydrolysis) is 1. The van der Waals surface area contributed by atoms with Crippen LogP contribution in [0.2, 0.25) is 0 Å². The quantitative estimate of drug-likeness (QED) is 0.742. The summed E-state index contributed by atoms with van der Waals surface area (Å²) in [5, 5.41) is 5.12. The Balaban J connectivity index is 2.30. The van der Waals surface area contributed by atoms with Gasteiger partial charge in [0, 0.05) is 24.7 Å². The van der Waals surface area contributed by atoms with Crippen molar-refractivity contribution in [2.45, 2.75) is 45.8 Å². The Morgan fingerprint density at radius 3 is 2.58 bits per heavy atom. The van der Waals surface area contributed by atoms with Crippen LogP contribution < -0.4 is 15.4 Å². The van der Waals surface area contributed by atoms with Crippen LogP contribution in [-0.4, -0.2) is 30.8 Å². The topological polar surface area (TPSA) is 76.7 Å². The minimum atomic E-state index is -2.92. The highest BCUT2D eigenvalue weighted by atomic mass is 19.3. The van der Waals surface area contributed by atoms with Crippen LogP contribution in [0.3, 0.4) is 0 Å². The van der Waals surface area contributed by atoms with Crippen molar-refractivity contribution in [3.05, 3.63) is 24.3 Å². The van der Waals surface area contributed by atoms with Gasteiger partial charge in [-0.3, -0.25) is 4.79 Å². The van der Waals surface area contributed by atoms with Crippen molar-refractivity contribution in [1.29, 1.82) is 0 Å². The number of carbonyl (C=O) groups excluding carboxylic acids is 2. The molecular weight excluding hydrogens is 322 g/mol. The second kappa shape index (κ2) is 9.05. The molecule has 0 saturated carbocycles. The van der Waals surface area contributed by atoms with Crippen molar-refractivity contribution >= 4 is 17.7 Å². The van der Waals surface area contributed by atoms with Gasteiger partial charge in [-0.25, -0.2) is 4.79 Å². The number of halogens is 2. The SMILES string of the molecule is CC(C)(C)OC(=O)NCCCC(=O)Nc1cccc(OC(F)F)c1. The lowest BCUT2D eigenvalue weighted by molar-refractivity contribution is -0.116. The van der Waals surface area contributed by atoms with Crippen LogP contribution in [-0.2, 0) is 9.53 Å². The molecule has 0 bridgehead atoms. The largest absolute Gasteiger partial charge is 0.444 e. The summed E-state index contributed by atoms with van der Waals surface area (Å²) in [6.07, 6.45) is 0.0355. The maximum absolute atomic E-state index is 12.1. The molecule has 24 heavy (non-hydrogen) atoms. The van der Waals surface area contributed by atoms with E-state index in [4.69, 9.17) is 4.74 Å². The summed E-state index contributed by atoms with van der Waals surface area (Å²) in [5.74, 6) is -0.329. The summed E-state index contributed by atoms with van der Waals surface area (Å²) < 4.78 is 33.6. The van der Waals surface area contributed by atoms with Crippen LogP contribution in [0.1, 0.15) is 33.6 Å². The van der Waals surface area contributed by atoms with Crippen molar-refractivity contribution in [3.8, 4) is 5.75 Å². The second-order valence-electron chi connectivity index (χ2n) is 5.99. The van der Waals surface area contributed by atoms with Gasteiger partial charge in [-0.15, -0.1) is 0 Å². The summed E-state index contributed by atoms with van der Waals surface area (Å²) in [5.41, 5.74) is -0.217. The lowest BCUT2D eigenvalue weighted by Crippen LogP contribution is -2.33. The van der Waals surface area contributed by atoms with E-state index in [-0.39, 0.29) is 24.6 Å². The number of rotatable bonds is 7. The molecule has 1 rings (SSSR count). The van der Waals surface area contributed by atoms with Crippen LogP contribution in [0.25, 0.3) is 0 Å². The Morgan fingerprint density at radius 1 is 1.25 bits per heavy atom. The Labute approximate surface area is 139 Å². The molecule has 0 aromatic heterocycles. The first-order valence-corrected chi connectivity index (χ1v) is 7.47. The van der Waals surface area contributed by atoms with E-state index >= 15 is 0 Å².